The van der Waals surface area contributed by atoms with E-state index < -0.39 is 0 Å². The molecule has 94 valence electrons. The van der Waals surface area contributed by atoms with Crippen LogP contribution in [0.1, 0.15) is 23.9 Å². The lowest BCUT2D eigenvalue weighted by Gasteiger charge is -2.13. The van der Waals surface area contributed by atoms with Crippen molar-refractivity contribution in [2.45, 2.75) is 27.2 Å². The first-order valence-electron chi connectivity index (χ1n) is 5.97. The Morgan fingerprint density at radius 3 is 2.67 bits per heavy atom. The largest absolute Gasteiger partial charge is 0.340 e. The molecule has 0 saturated heterocycles. The Balaban J connectivity index is 2.39. The maximum Gasteiger partial charge on any atom is 0.135 e. The monoisotopic (exact) mass is 261 g/mol. The van der Waals surface area contributed by atoms with Crippen LogP contribution in [0, 0.1) is 13.8 Å². The second-order valence-electron chi connectivity index (χ2n) is 4.21. The van der Waals surface area contributed by atoms with E-state index in [0.29, 0.717) is 11.0 Å². The van der Waals surface area contributed by atoms with Gasteiger partial charge in [-0.25, -0.2) is 9.97 Å². The fourth-order valence-electron chi connectivity index (χ4n) is 1.93. The number of rotatable bonds is 3. The molecule has 0 atom stereocenters. The molecule has 2 rings (SSSR count). The van der Waals surface area contributed by atoms with Crippen LogP contribution < -0.4 is 5.32 Å². The van der Waals surface area contributed by atoms with Crippen LogP contribution in [0.3, 0.4) is 0 Å². The summed E-state index contributed by atoms with van der Waals surface area (Å²) in [6, 6.07) is 8.00. The second-order valence-corrected chi connectivity index (χ2v) is 4.60. The number of para-hydroxylation sites is 1. The molecule has 1 aromatic carbocycles. The molecule has 18 heavy (non-hydrogen) atoms. The SMILES string of the molecule is CCc1cccc(C)c1Nc1cc(Cl)nc(C)n1. The first kappa shape index (κ1) is 12.8. The number of anilines is 2. The van der Waals surface area contributed by atoms with E-state index in [1.807, 2.05) is 6.92 Å². The van der Waals surface area contributed by atoms with Crippen LogP contribution in [-0.2, 0) is 6.42 Å². The van der Waals surface area contributed by atoms with Crippen molar-refractivity contribution in [3.05, 3.63) is 46.4 Å². The van der Waals surface area contributed by atoms with Crippen LogP contribution >= 0.6 is 11.6 Å². The van der Waals surface area contributed by atoms with Crippen molar-refractivity contribution in [2.75, 3.05) is 5.32 Å². The summed E-state index contributed by atoms with van der Waals surface area (Å²) < 4.78 is 0. The van der Waals surface area contributed by atoms with Gasteiger partial charge in [-0.15, -0.1) is 0 Å². The average molecular weight is 262 g/mol. The molecule has 0 fully saturated rings. The number of nitrogens with one attached hydrogen (secondary N) is 1. The average Bonchev–Trinajstić information content (AvgIpc) is 2.30. The van der Waals surface area contributed by atoms with Crippen LogP contribution in [0.2, 0.25) is 5.15 Å². The van der Waals surface area contributed by atoms with E-state index in [4.69, 9.17) is 11.6 Å². The smallest absolute Gasteiger partial charge is 0.135 e. The number of hydrogen-bond donors (Lipinski definition) is 1. The Bertz CT molecular complexity index is 547. The number of aryl methyl sites for hydroxylation is 3. The van der Waals surface area contributed by atoms with E-state index in [2.05, 4.69) is 47.3 Å². The first-order valence-corrected chi connectivity index (χ1v) is 6.34. The number of halogens is 1. The predicted octanol–water partition coefficient (Wildman–Crippen LogP) is 4.05. The third kappa shape index (κ3) is 2.79. The maximum absolute atomic E-state index is 5.94. The molecule has 1 heterocycles. The van der Waals surface area contributed by atoms with E-state index in [1.54, 1.807) is 6.07 Å². The molecular formula is C14H16ClN3. The summed E-state index contributed by atoms with van der Waals surface area (Å²) in [5.74, 6) is 1.40. The van der Waals surface area contributed by atoms with Gasteiger partial charge in [-0.3, -0.25) is 0 Å². The minimum Gasteiger partial charge on any atom is -0.340 e. The van der Waals surface area contributed by atoms with Crippen LogP contribution in [0.5, 0.6) is 0 Å². The summed E-state index contributed by atoms with van der Waals surface area (Å²) in [6.07, 6.45) is 0.974. The third-order valence-electron chi connectivity index (χ3n) is 2.80. The molecule has 0 spiro atoms. The standard InChI is InChI=1S/C14H16ClN3/c1-4-11-7-5-6-9(2)14(11)18-13-8-12(15)16-10(3)17-13/h5-8H,4H2,1-3H3,(H,16,17,18). The summed E-state index contributed by atoms with van der Waals surface area (Å²) in [7, 11) is 0. The normalized spacial score (nSPS) is 10.4. The zero-order valence-corrected chi connectivity index (χ0v) is 11.5. The minimum absolute atomic E-state index is 0.455. The Morgan fingerprint density at radius 2 is 2.00 bits per heavy atom. The molecule has 3 nitrogen and oxygen atoms in total. The fourth-order valence-corrected chi connectivity index (χ4v) is 2.15. The quantitative estimate of drug-likeness (QED) is 0.847. The zero-order valence-electron chi connectivity index (χ0n) is 10.8. The topological polar surface area (TPSA) is 37.8 Å². The molecule has 0 radical (unpaired) electrons. The summed E-state index contributed by atoms with van der Waals surface area (Å²) in [4.78, 5) is 8.39. The van der Waals surface area contributed by atoms with E-state index in [9.17, 15) is 0 Å². The Hall–Kier alpha value is -1.61. The zero-order chi connectivity index (χ0) is 13.1. The number of benzene rings is 1. The van der Waals surface area contributed by atoms with Crippen LogP contribution in [-0.4, -0.2) is 9.97 Å². The molecular weight excluding hydrogens is 246 g/mol. The summed E-state index contributed by atoms with van der Waals surface area (Å²) in [5.41, 5.74) is 3.57. The van der Waals surface area contributed by atoms with Crippen LogP contribution in [0.4, 0.5) is 11.5 Å². The molecule has 0 aliphatic heterocycles. The van der Waals surface area contributed by atoms with Crippen molar-refractivity contribution in [1.82, 2.24) is 9.97 Å². The molecule has 0 unspecified atom stereocenters. The third-order valence-corrected chi connectivity index (χ3v) is 2.99. The van der Waals surface area contributed by atoms with E-state index in [-0.39, 0.29) is 0 Å². The molecule has 2 aromatic rings. The van der Waals surface area contributed by atoms with Gasteiger partial charge < -0.3 is 5.32 Å². The van der Waals surface area contributed by atoms with Gasteiger partial charge in [0.05, 0.1) is 0 Å². The molecule has 0 saturated carbocycles. The number of hydrogen-bond acceptors (Lipinski definition) is 3. The number of aromatic nitrogens is 2. The van der Waals surface area contributed by atoms with Gasteiger partial charge in [0, 0.05) is 11.8 Å². The molecule has 0 bridgehead atoms. The van der Waals surface area contributed by atoms with Crippen molar-refractivity contribution in [2.24, 2.45) is 0 Å². The Morgan fingerprint density at radius 1 is 1.22 bits per heavy atom. The highest BCUT2D eigenvalue weighted by atomic mass is 35.5. The van der Waals surface area contributed by atoms with Crippen molar-refractivity contribution < 1.29 is 0 Å². The molecule has 0 amide bonds. The van der Waals surface area contributed by atoms with E-state index in [0.717, 1.165) is 17.9 Å². The second kappa shape index (κ2) is 5.36. The number of nitrogens with zero attached hydrogens (tertiary/aromatic N) is 2. The maximum atomic E-state index is 5.94. The van der Waals surface area contributed by atoms with Crippen molar-refractivity contribution in [3.8, 4) is 0 Å². The van der Waals surface area contributed by atoms with Gasteiger partial charge in [0.25, 0.3) is 0 Å². The van der Waals surface area contributed by atoms with Gasteiger partial charge in [-0.1, -0.05) is 36.7 Å². The highest BCUT2D eigenvalue weighted by Gasteiger charge is 2.06. The van der Waals surface area contributed by atoms with Crippen LogP contribution in [0.25, 0.3) is 0 Å². The lowest BCUT2D eigenvalue weighted by Crippen LogP contribution is -2.01. The first-order chi connectivity index (χ1) is 8.60. The molecule has 4 heteroatoms. The van der Waals surface area contributed by atoms with Crippen molar-refractivity contribution in [3.63, 3.8) is 0 Å². The van der Waals surface area contributed by atoms with Gasteiger partial charge >= 0.3 is 0 Å². The van der Waals surface area contributed by atoms with E-state index >= 15 is 0 Å². The summed E-state index contributed by atoms with van der Waals surface area (Å²) in [6.45, 7) is 6.05. The van der Waals surface area contributed by atoms with Gasteiger partial charge in [0.15, 0.2) is 0 Å². The Labute approximate surface area is 112 Å². The van der Waals surface area contributed by atoms with Crippen molar-refractivity contribution in [1.29, 1.82) is 0 Å². The molecule has 0 aliphatic carbocycles. The summed E-state index contributed by atoms with van der Waals surface area (Å²) >= 11 is 5.94. The predicted molar refractivity (Wildman–Crippen MR) is 75.6 cm³/mol. The Kier molecular flexibility index (Phi) is 3.82. The lowest BCUT2D eigenvalue weighted by molar-refractivity contribution is 1.05. The van der Waals surface area contributed by atoms with Gasteiger partial charge in [0.1, 0.15) is 16.8 Å². The highest BCUT2D eigenvalue weighted by molar-refractivity contribution is 6.29. The summed E-state index contributed by atoms with van der Waals surface area (Å²) in [5, 5.41) is 3.79. The van der Waals surface area contributed by atoms with Gasteiger partial charge in [-0.05, 0) is 31.4 Å². The van der Waals surface area contributed by atoms with Gasteiger partial charge in [0.2, 0.25) is 0 Å². The highest BCUT2D eigenvalue weighted by Crippen LogP contribution is 2.25. The molecule has 1 N–H and O–H groups in total. The minimum atomic E-state index is 0.455. The van der Waals surface area contributed by atoms with Gasteiger partial charge in [-0.2, -0.15) is 0 Å². The van der Waals surface area contributed by atoms with Crippen LogP contribution in [0.15, 0.2) is 24.3 Å². The molecule has 0 aliphatic rings. The van der Waals surface area contributed by atoms with E-state index in [1.165, 1.54) is 11.1 Å². The van der Waals surface area contributed by atoms with Crippen molar-refractivity contribution >= 4 is 23.1 Å². The lowest BCUT2D eigenvalue weighted by atomic mass is 10.1. The molecule has 1 aromatic heterocycles. The fraction of sp³-hybridized carbons (Fsp3) is 0.286.